The molecule has 2 aromatic carbocycles. The molecule has 0 atom stereocenters. The SMILES string of the molecule is Cc1cc(C)c(S(=O)(=O)Nc2ccc(S(=O)(=O)NC3CC3)cc2)c(C)c1. The third-order valence-electron chi connectivity index (χ3n) is 4.19. The zero-order valence-electron chi connectivity index (χ0n) is 14.9. The number of rotatable bonds is 6. The molecule has 8 heteroatoms. The summed E-state index contributed by atoms with van der Waals surface area (Å²) in [5, 5.41) is 0. The molecule has 1 aliphatic rings. The van der Waals surface area contributed by atoms with Gasteiger partial charge in [0.05, 0.1) is 9.79 Å². The molecule has 26 heavy (non-hydrogen) atoms. The standard InChI is InChI=1S/C18H22N2O4S2/c1-12-10-13(2)18(14(3)11-12)26(23,24)20-16-6-8-17(9-7-16)25(21,22)19-15-4-5-15/h6-11,15,19-20H,4-5H2,1-3H3. The third-order valence-corrected chi connectivity index (χ3v) is 7.41. The van der Waals surface area contributed by atoms with E-state index in [1.165, 1.54) is 24.3 Å². The van der Waals surface area contributed by atoms with Gasteiger partial charge in [0.2, 0.25) is 10.0 Å². The minimum Gasteiger partial charge on any atom is -0.280 e. The number of aryl methyl sites for hydroxylation is 3. The maximum absolute atomic E-state index is 12.7. The summed E-state index contributed by atoms with van der Waals surface area (Å²) in [4.78, 5) is 0.366. The van der Waals surface area contributed by atoms with Gasteiger partial charge in [0.1, 0.15) is 0 Å². The Bertz CT molecular complexity index is 1020. The molecule has 0 aromatic heterocycles. The van der Waals surface area contributed by atoms with Crippen LogP contribution >= 0.6 is 0 Å². The van der Waals surface area contributed by atoms with Crippen LogP contribution in [0, 0.1) is 20.8 Å². The van der Waals surface area contributed by atoms with Gasteiger partial charge in [-0.2, -0.15) is 0 Å². The summed E-state index contributed by atoms with van der Waals surface area (Å²) < 4.78 is 55.0. The summed E-state index contributed by atoms with van der Waals surface area (Å²) in [6.45, 7) is 5.43. The largest absolute Gasteiger partial charge is 0.280 e. The molecule has 0 spiro atoms. The molecule has 0 radical (unpaired) electrons. The fraction of sp³-hybridized carbons (Fsp3) is 0.333. The van der Waals surface area contributed by atoms with Crippen LogP contribution in [0.15, 0.2) is 46.2 Å². The topological polar surface area (TPSA) is 92.3 Å². The minimum absolute atomic E-state index is 0.0191. The van der Waals surface area contributed by atoms with Crippen LogP contribution in [-0.4, -0.2) is 22.9 Å². The highest BCUT2D eigenvalue weighted by molar-refractivity contribution is 7.92. The molecule has 0 heterocycles. The Morgan fingerprint density at radius 1 is 0.846 bits per heavy atom. The number of nitrogens with one attached hydrogen (secondary N) is 2. The van der Waals surface area contributed by atoms with Crippen molar-refractivity contribution in [3.63, 3.8) is 0 Å². The minimum atomic E-state index is -3.76. The molecule has 6 nitrogen and oxygen atoms in total. The van der Waals surface area contributed by atoms with E-state index in [0.29, 0.717) is 16.8 Å². The van der Waals surface area contributed by atoms with Crippen molar-refractivity contribution < 1.29 is 16.8 Å². The Morgan fingerprint density at radius 2 is 1.38 bits per heavy atom. The molecule has 0 aliphatic heterocycles. The summed E-state index contributed by atoms with van der Waals surface area (Å²) in [6.07, 6.45) is 1.71. The summed E-state index contributed by atoms with van der Waals surface area (Å²) >= 11 is 0. The first-order chi connectivity index (χ1) is 12.1. The van der Waals surface area contributed by atoms with Gasteiger partial charge >= 0.3 is 0 Å². The highest BCUT2D eigenvalue weighted by Crippen LogP contribution is 2.26. The lowest BCUT2D eigenvalue weighted by atomic mass is 10.1. The van der Waals surface area contributed by atoms with Gasteiger partial charge in [-0.05, 0) is 69.0 Å². The van der Waals surface area contributed by atoms with E-state index in [2.05, 4.69) is 9.44 Å². The van der Waals surface area contributed by atoms with Gasteiger partial charge in [0.15, 0.2) is 0 Å². The molecule has 3 rings (SSSR count). The molecule has 0 saturated heterocycles. The number of sulfonamides is 2. The van der Waals surface area contributed by atoms with E-state index in [1.54, 1.807) is 13.8 Å². The summed E-state index contributed by atoms with van der Waals surface area (Å²) in [5.41, 5.74) is 2.65. The van der Waals surface area contributed by atoms with Gasteiger partial charge in [-0.3, -0.25) is 4.72 Å². The quantitative estimate of drug-likeness (QED) is 0.788. The molecular formula is C18H22N2O4S2. The van der Waals surface area contributed by atoms with E-state index in [1.807, 2.05) is 19.1 Å². The van der Waals surface area contributed by atoms with Gasteiger partial charge in [-0.25, -0.2) is 21.6 Å². The predicted molar refractivity (Wildman–Crippen MR) is 101 cm³/mol. The normalized spacial score (nSPS) is 15.0. The molecule has 0 bridgehead atoms. The molecule has 140 valence electrons. The van der Waals surface area contributed by atoms with Crippen LogP contribution in [0.4, 0.5) is 5.69 Å². The maximum Gasteiger partial charge on any atom is 0.262 e. The first-order valence-corrected chi connectivity index (χ1v) is 11.3. The molecule has 1 saturated carbocycles. The predicted octanol–water partition coefficient (Wildman–Crippen LogP) is 2.85. The molecule has 2 aromatic rings. The number of anilines is 1. The monoisotopic (exact) mass is 394 g/mol. The van der Waals surface area contributed by atoms with Crippen molar-refractivity contribution in [2.75, 3.05) is 4.72 Å². The smallest absolute Gasteiger partial charge is 0.262 e. The highest BCUT2D eigenvalue weighted by Gasteiger charge is 2.28. The summed E-state index contributed by atoms with van der Waals surface area (Å²) in [7, 11) is -7.32. The number of hydrogen-bond acceptors (Lipinski definition) is 4. The van der Waals surface area contributed by atoms with E-state index in [4.69, 9.17) is 0 Å². The average Bonchev–Trinajstić information content (AvgIpc) is 3.29. The van der Waals surface area contributed by atoms with Crippen molar-refractivity contribution in [3.05, 3.63) is 53.1 Å². The van der Waals surface area contributed by atoms with E-state index in [9.17, 15) is 16.8 Å². The molecule has 1 fully saturated rings. The van der Waals surface area contributed by atoms with Crippen LogP contribution in [0.5, 0.6) is 0 Å². The lowest BCUT2D eigenvalue weighted by molar-refractivity contribution is 0.581. The van der Waals surface area contributed by atoms with Crippen molar-refractivity contribution in [1.82, 2.24) is 4.72 Å². The second kappa shape index (κ2) is 6.68. The Balaban J connectivity index is 1.85. The Labute approximate surface area is 154 Å². The zero-order chi connectivity index (χ0) is 19.1. The van der Waals surface area contributed by atoms with E-state index >= 15 is 0 Å². The van der Waals surface area contributed by atoms with Crippen molar-refractivity contribution in [2.24, 2.45) is 0 Å². The first-order valence-electron chi connectivity index (χ1n) is 8.31. The van der Waals surface area contributed by atoms with Crippen LogP contribution in [0.3, 0.4) is 0 Å². The van der Waals surface area contributed by atoms with E-state index in [-0.39, 0.29) is 15.8 Å². The fourth-order valence-corrected chi connectivity index (χ4v) is 5.81. The van der Waals surface area contributed by atoms with Crippen molar-refractivity contribution in [3.8, 4) is 0 Å². The molecule has 2 N–H and O–H groups in total. The van der Waals surface area contributed by atoms with E-state index in [0.717, 1.165) is 18.4 Å². The molecule has 0 amide bonds. The second-order valence-corrected chi connectivity index (χ2v) is 10.1. The van der Waals surface area contributed by atoms with Crippen molar-refractivity contribution in [2.45, 2.75) is 49.4 Å². The van der Waals surface area contributed by atoms with Crippen molar-refractivity contribution in [1.29, 1.82) is 0 Å². The van der Waals surface area contributed by atoms with Gasteiger partial charge in [-0.1, -0.05) is 17.7 Å². The highest BCUT2D eigenvalue weighted by atomic mass is 32.2. The Kier molecular flexibility index (Phi) is 4.85. The number of benzene rings is 2. The maximum atomic E-state index is 12.7. The van der Waals surface area contributed by atoms with Gasteiger partial charge in [-0.15, -0.1) is 0 Å². The summed E-state index contributed by atoms with van der Waals surface area (Å²) in [5.74, 6) is 0. The van der Waals surface area contributed by atoms with Crippen LogP contribution in [0.1, 0.15) is 29.5 Å². The molecule has 1 aliphatic carbocycles. The van der Waals surface area contributed by atoms with Crippen LogP contribution in [0.2, 0.25) is 0 Å². The lowest BCUT2D eigenvalue weighted by Crippen LogP contribution is -2.25. The van der Waals surface area contributed by atoms with Gasteiger partial charge in [0, 0.05) is 11.7 Å². The lowest BCUT2D eigenvalue weighted by Gasteiger charge is -2.14. The van der Waals surface area contributed by atoms with Crippen LogP contribution < -0.4 is 9.44 Å². The van der Waals surface area contributed by atoms with Crippen molar-refractivity contribution >= 4 is 25.7 Å². The Hall–Kier alpha value is -1.90. The zero-order valence-corrected chi connectivity index (χ0v) is 16.5. The van der Waals surface area contributed by atoms with E-state index < -0.39 is 20.0 Å². The summed E-state index contributed by atoms with van der Waals surface area (Å²) in [6, 6.07) is 9.37. The number of hydrogen-bond donors (Lipinski definition) is 2. The third kappa shape index (κ3) is 4.08. The molecule has 0 unspecified atom stereocenters. The van der Waals surface area contributed by atoms with Crippen LogP contribution in [-0.2, 0) is 20.0 Å². The first kappa shape index (κ1) is 18.9. The second-order valence-electron chi connectivity index (χ2n) is 6.75. The Morgan fingerprint density at radius 3 is 1.88 bits per heavy atom. The fourth-order valence-electron chi connectivity index (χ4n) is 2.99. The van der Waals surface area contributed by atoms with Gasteiger partial charge in [0.25, 0.3) is 10.0 Å². The average molecular weight is 395 g/mol. The molecular weight excluding hydrogens is 372 g/mol. The van der Waals surface area contributed by atoms with Crippen LogP contribution in [0.25, 0.3) is 0 Å². The van der Waals surface area contributed by atoms with Gasteiger partial charge < -0.3 is 0 Å².